The second kappa shape index (κ2) is 9.05. The van der Waals surface area contributed by atoms with Crippen LogP contribution >= 0.6 is 0 Å². The van der Waals surface area contributed by atoms with Gasteiger partial charge in [0, 0.05) is 45.5 Å². The molecular weight excluding hydrogens is 358 g/mol. The van der Waals surface area contributed by atoms with Crippen molar-refractivity contribution in [1.82, 2.24) is 25.3 Å². The Bertz CT molecular complexity index is 698. The molecule has 1 aliphatic carbocycles. The van der Waals surface area contributed by atoms with Crippen LogP contribution in [0.15, 0.2) is 6.07 Å². The smallest absolute Gasteiger partial charge is 0.272 e. The summed E-state index contributed by atoms with van der Waals surface area (Å²) in [5, 5.41) is 10.9. The topological polar surface area (TPSA) is 88.5 Å². The second-order valence-corrected chi connectivity index (χ2v) is 8.10. The van der Waals surface area contributed by atoms with Gasteiger partial charge in [-0.25, -0.2) is 0 Å². The number of nitrogens with zero attached hydrogens (tertiary/aromatic N) is 3. The maximum absolute atomic E-state index is 12.9. The third-order valence-electron chi connectivity index (χ3n) is 5.92. The average Bonchev–Trinajstić information content (AvgIpc) is 3.34. The number of aromatic nitrogens is 2. The first kappa shape index (κ1) is 20.8. The van der Waals surface area contributed by atoms with Gasteiger partial charge < -0.3 is 20.3 Å². The Morgan fingerprint density at radius 3 is 2.86 bits per heavy atom. The van der Waals surface area contributed by atoms with Crippen LogP contribution in [0.1, 0.15) is 66.9 Å². The highest BCUT2D eigenvalue weighted by Crippen LogP contribution is 2.26. The van der Waals surface area contributed by atoms with Crippen LogP contribution in [-0.4, -0.2) is 71.4 Å². The maximum atomic E-state index is 12.9. The molecule has 0 saturated heterocycles. The Hall–Kier alpha value is -1.93. The van der Waals surface area contributed by atoms with Crippen molar-refractivity contribution in [1.29, 1.82) is 0 Å². The fraction of sp³-hybridized carbons (Fsp3) is 0.750. The van der Waals surface area contributed by atoms with Crippen LogP contribution in [0, 0.1) is 0 Å². The fourth-order valence-electron chi connectivity index (χ4n) is 3.95. The Morgan fingerprint density at radius 2 is 2.14 bits per heavy atom. The molecule has 8 nitrogen and oxygen atoms in total. The molecule has 1 fully saturated rings. The predicted molar refractivity (Wildman–Crippen MR) is 106 cm³/mol. The summed E-state index contributed by atoms with van der Waals surface area (Å²) in [5.41, 5.74) is 0.394. The second-order valence-electron chi connectivity index (χ2n) is 8.10. The van der Waals surface area contributed by atoms with Crippen molar-refractivity contribution in [2.24, 2.45) is 0 Å². The van der Waals surface area contributed by atoms with Gasteiger partial charge in [0.2, 0.25) is 0 Å². The highest BCUT2D eigenvalue weighted by molar-refractivity contribution is 5.98. The van der Waals surface area contributed by atoms with Gasteiger partial charge in [-0.2, -0.15) is 5.10 Å². The largest absolute Gasteiger partial charge is 0.382 e. The third kappa shape index (κ3) is 4.55. The minimum Gasteiger partial charge on any atom is -0.382 e. The molecule has 1 atom stereocenters. The molecule has 3 rings (SSSR count). The van der Waals surface area contributed by atoms with E-state index in [1.165, 1.54) is 25.7 Å². The van der Waals surface area contributed by atoms with Crippen LogP contribution in [0.4, 0.5) is 0 Å². The molecule has 1 aromatic heterocycles. The van der Waals surface area contributed by atoms with Gasteiger partial charge in [0.25, 0.3) is 11.8 Å². The Labute approximate surface area is 167 Å². The lowest BCUT2D eigenvalue weighted by atomic mass is 9.96. The normalized spacial score (nSPS) is 22.5. The molecule has 156 valence electrons. The van der Waals surface area contributed by atoms with E-state index in [0.29, 0.717) is 43.7 Å². The predicted octanol–water partition coefficient (Wildman–Crippen LogP) is 1.42. The number of hydrogen-bond acceptors (Lipinski definition) is 5. The van der Waals surface area contributed by atoms with Crippen molar-refractivity contribution < 1.29 is 14.3 Å². The molecule has 28 heavy (non-hydrogen) atoms. The molecular formula is C20H33N5O3. The zero-order chi connectivity index (χ0) is 20.1. The van der Waals surface area contributed by atoms with E-state index in [1.54, 1.807) is 15.6 Å². The fourth-order valence-corrected chi connectivity index (χ4v) is 3.95. The molecule has 1 aromatic rings. The molecule has 2 N–H and O–H groups in total. The lowest BCUT2D eigenvalue weighted by Crippen LogP contribution is -2.60. The van der Waals surface area contributed by atoms with Crippen molar-refractivity contribution in [2.75, 3.05) is 33.4 Å². The van der Waals surface area contributed by atoms with Gasteiger partial charge in [-0.15, -0.1) is 0 Å². The van der Waals surface area contributed by atoms with E-state index in [0.717, 1.165) is 13.0 Å². The first-order chi connectivity index (χ1) is 13.4. The summed E-state index contributed by atoms with van der Waals surface area (Å²) < 4.78 is 6.96. The zero-order valence-electron chi connectivity index (χ0n) is 17.3. The molecule has 8 heteroatoms. The Kier molecular flexibility index (Phi) is 6.72. The molecule has 0 bridgehead atoms. The van der Waals surface area contributed by atoms with E-state index in [9.17, 15) is 9.59 Å². The Balaban J connectivity index is 1.63. The van der Waals surface area contributed by atoms with Crippen LogP contribution in [-0.2, 0) is 11.3 Å². The first-order valence-corrected chi connectivity index (χ1v) is 10.4. The number of rotatable bonds is 9. The molecule has 2 amide bonds. The summed E-state index contributed by atoms with van der Waals surface area (Å²) >= 11 is 0. The summed E-state index contributed by atoms with van der Waals surface area (Å²) in [7, 11) is 1.84. The number of ether oxygens (including phenoxy) is 1. The van der Waals surface area contributed by atoms with Crippen LogP contribution in [0.2, 0.25) is 0 Å². The first-order valence-electron chi connectivity index (χ1n) is 10.4. The standard InChI is InChI=1S/C20H33N5O3/c1-4-28-11-7-10-21-18(26)16-12-17-19(27)24(3)20(2,14-25(17)23-16)13-22-15-8-5-6-9-15/h12,15,22H,4-11,13-14H2,1-3H3,(H,21,26). The minimum atomic E-state index is -0.371. The Morgan fingerprint density at radius 1 is 1.39 bits per heavy atom. The van der Waals surface area contributed by atoms with Gasteiger partial charge in [-0.1, -0.05) is 12.8 Å². The molecule has 0 spiro atoms. The van der Waals surface area contributed by atoms with E-state index in [1.807, 2.05) is 14.0 Å². The lowest BCUT2D eigenvalue weighted by molar-refractivity contribution is 0.0435. The van der Waals surface area contributed by atoms with Gasteiger partial charge in [0.1, 0.15) is 5.69 Å². The minimum absolute atomic E-state index is 0.0927. The highest BCUT2D eigenvalue weighted by Gasteiger charge is 2.41. The summed E-state index contributed by atoms with van der Waals surface area (Å²) in [4.78, 5) is 27.1. The molecule has 1 aliphatic heterocycles. The van der Waals surface area contributed by atoms with Gasteiger partial charge >= 0.3 is 0 Å². The number of likely N-dealkylation sites (N-methyl/N-ethyl adjacent to an activating group) is 1. The van der Waals surface area contributed by atoms with E-state index in [4.69, 9.17) is 4.74 Å². The van der Waals surface area contributed by atoms with Crippen molar-refractivity contribution in [3.63, 3.8) is 0 Å². The van der Waals surface area contributed by atoms with Gasteiger partial charge in [0.15, 0.2) is 5.69 Å². The maximum Gasteiger partial charge on any atom is 0.272 e. The summed E-state index contributed by atoms with van der Waals surface area (Å²) in [6.07, 6.45) is 5.70. The molecule has 2 heterocycles. The average molecular weight is 392 g/mol. The summed E-state index contributed by atoms with van der Waals surface area (Å²) in [6, 6.07) is 2.14. The van der Waals surface area contributed by atoms with E-state index < -0.39 is 0 Å². The highest BCUT2D eigenvalue weighted by atomic mass is 16.5. The van der Waals surface area contributed by atoms with E-state index in [-0.39, 0.29) is 17.4 Å². The van der Waals surface area contributed by atoms with E-state index in [2.05, 4.69) is 22.7 Å². The van der Waals surface area contributed by atoms with Crippen LogP contribution in [0.3, 0.4) is 0 Å². The molecule has 1 saturated carbocycles. The SMILES string of the molecule is CCOCCCNC(=O)c1cc2n(n1)CC(C)(CNC1CCCC1)N(C)C2=O. The van der Waals surface area contributed by atoms with Gasteiger partial charge in [-0.05, 0) is 33.1 Å². The number of carbonyl (C=O) groups is 2. The van der Waals surface area contributed by atoms with E-state index >= 15 is 0 Å². The summed E-state index contributed by atoms with van der Waals surface area (Å²) in [5.74, 6) is -0.343. The number of fused-ring (bicyclic) bond motifs is 1. The molecule has 0 radical (unpaired) electrons. The van der Waals surface area contributed by atoms with Crippen molar-refractivity contribution >= 4 is 11.8 Å². The number of amides is 2. The number of carbonyl (C=O) groups excluding carboxylic acids is 2. The van der Waals surface area contributed by atoms with Crippen LogP contribution in [0.25, 0.3) is 0 Å². The third-order valence-corrected chi connectivity index (χ3v) is 5.92. The van der Waals surface area contributed by atoms with Crippen LogP contribution in [0.5, 0.6) is 0 Å². The number of nitrogens with one attached hydrogen (secondary N) is 2. The van der Waals surface area contributed by atoms with Crippen molar-refractivity contribution in [3.05, 3.63) is 17.5 Å². The van der Waals surface area contributed by atoms with Gasteiger partial charge in [0.05, 0.1) is 12.1 Å². The van der Waals surface area contributed by atoms with Gasteiger partial charge in [-0.3, -0.25) is 14.3 Å². The summed E-state index contributed by atoms with van der Waals surface area (Å²) in [6.45, 7) is 7.13. The number of hydrogen-bond donors (Lipinski definition) is 2. The quantitative estimate of drug-likeness (QED) is 0.622. The zero-order valence-corrected chi connectivity index (χ0v) is 17.3. The molecule has 0 aromatic carbocycles. The molecule has 1 unspecified atom stereocenters. The monoisotopic (exact) mass is 391 g/mol. The lowest BCUT2D eigenvalue weighted by Gasteiger charge is -2.43. The van der Waals surface area contributed by atoms with Crippen molar-refractivity contribution in [2.45, 2.75) is 64.1 Å². The van der Waals surface area contributed by atoms with Crippen molar-refractivity contribution in [3.8, 4) is 0 Å². The van der Waals surface area contributed by atoms with Crippen LogP contribution < -0.4 is 10.6 Å². The molecule has 2 aliphatic rings.